The first-order chi connectivity index (χ1) is 14.6. The molecule has 0 aliphatic rings. The number of amides is 1. The number of aromatic nitrogens is 2. The van der Waals surface area contributed by atoms with E-state index in [9.17, 15) is 4.79 Å². The van der Waals surface area contributed by atoms with Crippen molar-refractivity contribution in [2.75, 3.05) is 6.54 Å². The highest BCUT2D eigenvalue weighted by Crippen LogP contribution is 2.20. The second-order valence-corrected chi connectivity index (χ2v) is 7.32. The van der Waals surface area contributed by atoms with Gasteiger partial charge in [-0.3, -0.25) is 4.79 Å². The number of hydrogen-bond acceptors (Lipinski definition) is 5. The molecule has 4 rings (SSSR count). The van der Waals surface area contributed by atoms with Crippen molar-refractivity contribution < 1.29 is 13.7 Å². The standard InChI is InChI=1S/C23H20ClN3O3/c1-16-8-10-17(11-9-16)22-25-21(30-26-22)12-13-27(15-18-5-4-14-29-18)23(28)19-6-2-3-7-20(19)24/h2-11,14H,12-13,15H2,1H3. The van der Waals surface area contributed by atoms with E-state index >= 15 is 0 Å². The molecule has 0 bridgehead atoms. The molecule has 2 aromatic carbocycles. The molecule has 6 nitrogen and oxygen atoms in total. The second kappa shape index (κ2) is 8.97. The third-order valence-corrected chi connectivity index (χ3v) is 5.02. The van der Waals surface area contributed by atoms with Crippen molar-refractivity contribution >= 4 is 17.5 Å². The van der Waals surface area contributed by atoms with Crippen molar-refractivity contribution in [3.8, 4) is 11.4 Å². The molecule has 0 N–H and O–H groups in total. The van der Waals surface area contributed by atoms with Gasteiger partial charge in [-0.2, -0.15) is 4.98 Å². The van der Waals surface area contributed by atoms with Gasteiger partial charge in [0.05, 0.1) is 23.4 Å². The predicted molar refractivity (Wildman–Crippen MR) is 113 cm³/mol. The number of furan rings is 1. The van der Waals surface area contributed by atoms with Crippen molar-refractivity contribution in [2.24, 2.45) is 0 Å². The number of hydrogen-bond donors (Lipinski definition) is 0. The van der Waals surface area contributed by atoms with Crippen LogP contribution in [-0.4, -0.2) is 27.5 Å². The minimum absolute atomic E-state index is 0.185. The van der Waals surface area contributed by atoms with E-state index in [4.69, 9.17) is 20.5 Å². The van der Waals surface area contributed by atoms with Crippen molar-refractivity contribution in [2.45, 2.75) is 19.9 Å². The smallest absolute Gasteiger partial charge is 0.255 e. The number of carbonyl (C=O) groups is 1. The summed E-state index contributed by atoms with van der Waals surface area (Å²) in [6.07, 6.45) is 2.00. The molecule has 4 aromatic rings. The van der Waals surface area contributed by atoms with Crippen molar-refractivity contribution in [1.29, 1.82) is 0 Å². The topological polar surface area (TPSA) is 72.4 Å². The van der Waals surface area contributed by atoms with Gasteiger partial charge in [-0.1, -0.05) is 58.7 Å². The number of aryl methyl sites for hydroxylation is 1. The lowest BCUT2D eigenvalue weighted by atomic mass is 10.1. The van der Waals surface area contributed by atoms with Gasteiger partial charge >= 0.3 is 0 Å². The van der Waals surface area contributed by atoms with Crippen LogP contribution < -0.4 is 0 Å². The van der Waals surface area contributed by atoms with E-state index in [1.165, 1.54) is 0 Å². The van der Waals surface area contributed by atoms with E-state index in [2.05, 4.69) is 10.1 Å². The van der Waals surface area contributed by atoms with Crippen LogP contribution in [0.3, 0.4) is 0 Å². The van der Waals surface area contributed by atoms with E-state index < -0.39 is 0 Å². The molecule has 30 heavy (non-hydrogen) atoms. The first-order valence-electron chi connectivity index (χ1n) is 9.56. The van der Waals surface area contributed by atoms with Crippen LogP contribution in [0.25, 0.3) is 11.4 Å². The molecule has 1 amide bonds. The number of benzene rings is 2. The highest BCUT2D eigenvalue weighted by atomic mass is 35.5. The van der Waals surface area contributed by atoms with E-state index in [1.807, 2.05) is 37.3 Å². The summed E-state index contributed by atoms with van der Waals surface area (Å²) in [6.45, 7) is 2.71. The fourth-order valence-corrected chi connectivity index (χ4v) is 3.27. The minimum Gasteiger partial charge on any atom is -0.467 e. The van der Waals surface area contributed by atoms with Gasteiger partial charge in [-0.15, -0.1) is 0 Å². The Morgan fingerprint density at radius 1 is 1.07 bits per heavy atom. The first-order valence-corrected chi connectivity index (χ1v) is 9.94. The molecule has 0 saturated carbocycles. The maximum Gasteiger partial charge on any atom is 0.255 e. The number of rotatable bonds is 7. The van der Waals surface area contributed by atoms with E-state index in [-0.39, 0.29) is 5.91 Å². The Balaban J connectivity index is 1.50. The van der Waals surface area contributed by atoms with Crippen molar-refractivity contribution in [3.05, 3.63) is 94.7 Å². The van der Waals surface area contributed by atoms with E-state index in [1.54, 1.807) is 41.5 Å². The molecule has 0 aliphatic heterocycles. The number of halogens is 1. The van der Waals surface area contributed by atoms with Crippen LogP contribution in [0.2, 0.25) is 5.02 Å². The largest absolute Gasteiger partial charge is 0.467 e. The van der Waals surface area contributed by atoms with Gasteiger partial charge in [0.15, 0.2) is 0 Å². The fourth-order valence-electron chi connectivity index (χ4n) is 3.05. The summed E-state index contributed by atoms with van der Waals surface area (Å²) in [7, 11) is 0. The van der Waals surface area contributed by atoms with Gasteiger partial charge in [0, 0.05) is 18.5 Å². The minimum atomic E-state index is -0.185. The lowest BCUT2D eigenvalue weighted by Gasteiger charge is -2.21. The van der Waals surface area contributed by atoms with Crippen LogP contribution in [-0.2, 0) is 13.0 Å². The van der Waals surface area contributed by atoms with E-state index in [0.29, 0.717) is 47.6 Å². The Labute approximate surface area is 179 Å². The zero-order valence-corrected chi connectivity index (χ0v) is 17.2. The van der Waals surface area contributed by atoms with Gasteiger partial charge < -0.3 is 13.8 Å². The van der Waals surface area contributed by atoms with Gasteiger partial charge in [0.25, 0.3) is 5.91 Å². The molecule has 0 unspecified atom stereocenters. The Hall–Kier alpha value is -3.38. The third kappa shape index (κ3) is 4.60. The lowest BCUT2D eigenvalue weighted by molar-refractivity contribution is 0.0730. The van der Waals surface area contributed by atoms with Crippen LogP contribution in [0.15, 0.2) is 75.9 Å². The summed E-state index contributed by atoms with van der Waals surface area (Å²) >= 11 is 6.23. The van der Waals surface area contributed by atoms with Gasteiger partial charge in [0.2, 0.25) is 11.7 Å². The molecule has 7 heteroatoms. The van der Waals surface area contributed by atoms with Crippen LogP contribution in [0, 0.1) is 6.92 Å². The molecule has 0 aliphatic carbocycles. The van der Waals surface area contributed by atoms with Crippen LogP contribution >= 0.6 is 11.6 Å². The lowest BCUT2D eigenvalue weighted by Crippen LogP contribution is -2.32. The first kappa shape index (κ1) is 19.9. The van der Waals surface area contributed by atoms with Crippen LogP contribution in [0.5, 0.6) is 0 Å². The maximum absolute atomic E-state index is 13.1. The number of carbonyl (C=O) groups excluding carboxylic acids is 1. The highest BCUT2D eigenvalue weighted by Gasteiger charge is 2.20. The zero-order valence-electron chi connectivity index (χ0n) is 16.4. The molecular weight excluding hydrogens is 402 g/mol. The van der Waals surface area contributed by atoms with Gasteiger partial charge in [-0.05, 0) is 31.2 Å². The molecule has 152 valence electrons. The monoisotopic (exact) mass is 421 g/mol. The normalized spacial score (nSPS) is 10.9. The second-order valence-electron chi connectivity index (χ2n) is 6.91. The molecule has 0 radical (unpaired) electrons. The Morgan fingerprint density at radius 2 is 1.87 bits per heavy atom. The molecule has 0 atom stereocenters. The van der Waals surface area contributed by atoms with Crippen molar-refractivity contribution in [1.82, 2.24) is 15.0 Å². The highest BCUT2D eigenvalue weighted by molar-refractivity contribution is 6.33. The zero-order chi connectivity index (χ0) is 20.9. The Morgan fingerprint density at radius 3 is 2.60 bits per heavy atom. The average Bonchev–Trinajstić information content (AvgIpc) is 3.44. The summed E-state index contributed by atoms with van der Waals surface area (Å²) in [6, 6.07) is 18.5. The van der Waals surface area contributed by atoms with Crippen LogP contribution in [0.1, 0.15) is 27.6 Å². The average molecular weight is 422 g/mol. The molecule has 2 aromatic heterocycles. The fraction of sp³-hybridized carbons (Fsp3) is 0.174. The summed E-state index contributed by atoms with van der Waals surface area (Å²) in [4.78, 5) is 19.2. The van der Waals surface area contributed by atoms with Crippen molar-refractivity contribution in [3.63, 3.8) is 0 Å². The molecule has 0 fully saturated rings. The number of nitrogens with zero attached hydrogens (tertiary/aromatic N) is 3. The molecule has 0 spiro atoms. The quantitative estimate of drug-likeness (QED) is 0.411. The van der Waals surface area contributed by atoms with E-state index in [0.717, 1.165) is 11.1 Å². The molecule has 0 saturated heterocycles. The third-order valence-electron chi connectivity index (χ3n) is 4.69. The molecule has 2 heterocycles. The predicted octanol–water partition coefficient (Wildman–Crippen LogP) is 5.18. The summed E-state index contributed by atoms with van der Waals surface area (Å²) < 4.78 is 10.8. The summed E-state index contributed by atoms with van der Waals surface area (Å²) in [5.74, 6) is 1.48. The SMILES string of the molecule is Cc1ccc(-c2noc(CCN(Cc3ccco3)C(=O)c3ccccc3Cl)n2)cc1. The Bertz CT molecular complexity index is 1120. The van der Waals surface area contributed by atoms with Crippen LogP contribution in [0.4, 0.5) is 0 Å². The van der Waals surface area contributed by atoms with Gasteiger partial charge in [-0.25, -0.2) is 0 Å². The van der Waals surface area contributed by atoms with Gasteiger partial charge in [0.1, 0.15) is 5.76 Å². The molecular formula is C23H20ClN3O3. The Kier molecular flexibility index (Phi) is 5.95. The maximum atomic E-state index is 13.1. The summed E-state index contributed by atoms with van der Waals surface area (Å²) in [5, 5.41) is 4.47. The summed E-state index contributed by atoms with van der Waals surface area (Å²) in [5.41, 5.74) is 2.49.